The number of rotatable bonds is 1. The molecule has 14 heavy (non-hydrogen) atoms. The Bertz CT molecular complexity index is 372. The molecule has 0 aromatic heterocycles. The van der Waals surface area contributed by atoms with Crippen LogP contribution in [0.5, 0.6) is 0 Å². The number of carbonyl (C=O) groups is 1. The molecule has 2 nitrogen and oxygen atoms in total. The Hall–Kier alpha value is -1.31. The summed E-state index contributed by atoms with van der Waals surface area (Å²) in [5, 5.41) is 0. The summed E-state index contributed by atoms with van der Waals surface area (Å²) in [7, 11) is 0. The van der Waals surface area contributed by atoms with Gasteiger partial charge in [-0.15, -0.1) is 0 Å². The number of hydrogen-bond acceptors (Lipinski definition) is 1. The van der Waals surface area contributed by atoms with Crippen molar-refractivity contribution in [1.82, 2.24) is 0 Å². The molecule has 0 bridgehead atoms. The minimum Gasteiger partial charge on any atom is -0.369 e. The van der Waals surface area contributed by atoms with Gasteiger partial charge in [0.2, 0.25) is 5.91 Å². The second kappa shape index (κ2) is 3.12. The van der Waals surface area contributed by atoms with Crippen LogP contribution in [0.3, 0.4) is 0 Å². The van der Waals surface area contributed by atoms with E-state index in [4.69, 9.17) is 5.73 Å². The van der Waals surface area contributed by atoms with Crippen molar-refractivity contribution in [2.45, 2.75) is 31.6 Å². The highest BCUT2D eigenvalue weighted by Gasteiger charge is 2.36. The first-order chi connectivity index (χ1) is 6.64. The minimum absolute atomic E-state index is 0.204. The summed E-state index contributed by atoms with van der Waals surface area (Å²) in [6, 6.07) is 8.12. The van der Waals surface area contributed by atoms with Crippen molar-refractivity contribution in [3.63, 3.8) is 0 Å². The molecule has 0 fully saturated rings. The van der Waals surface area contributed by atoms with Crippen molar-refractivity contribution in [3.05, 3.63) is 35.4 Å². The van der Waals surface area contributed by atoms with Crippen LogP contribution in [0.2, 0.25) is 0 Å². The van der Waals surface area contributed by atoms with Crippen LogP contribution in [-0.4, -0.2) is 5.91 Å². The molecule has 2 N–H and O–H groups in total. The molecule has 0 unspecified atom stereocenters. The molecular weight excluding hydrogens is 174 g/mol. The summed E-state index contributed by atoms with van der Waals surface area (Å²) < 4.78 is 0. The first-order valence-corrected chi connectivity index (χ1v) is 5.03. The van der Waals surface area contributed by atoms with Crippen LogP contribution in [0.25, 0.3) is 0 Å². The van der Waals surface area contributed by atoms with Gasteiger partial charge in [-0.2, -0.15) is 0 Å². The van der Waals surface area contributed by atoms with Gasteiger partial charge in [0.05, 0.1) is 5.41 Å². The van der Waals surface area contributed by atoms with E-state index in [2.05, 4.69) is 6.07 Å². The summed E-state index contributed by atoms with van der Waals surface area (Å²) in [6.45, 7) is 1.95. The van der Waals surface area contributed by atoms with Gasteiger partial charge in [0.25, 0.3) is 0 Å². The summed E-state index contributed by atoms with van der Waals surface area (Å²) in [5.74, 6) is -0.204. The fraction of sp³-hybridized carbons (Fsp3) is 0.417. The van der Waals surface area contributed by atoms with E-state index in [1.54, 1.807) is 0 Å². The maximum atomic E-state index is 11.5. The first kappa shape index (κ1) is 9.25. The zero-order valence-electron chi connectivity index (χ0n) is 8.42. The third-order valence-electron chi connectivity index (χ3n) is 3.28. The van der Waals surface area contributed by atoms with Gasteiger partial charge in [0, 0.05) is 0 Å². The quantitative estimate of drug-likeness (QED) is 0.718. The van der Waals surface area contributed by atoms with Gasteiger partial charge in [-0.25, -0.2) is 0 Å². The summed E-state index contributed by atoms with van der Waals surface area (Å²) >= 11 is 0. The molecule has 0 saturated heterocycles. The van der Waals surface area contributed by atoms with Crippen molar-refractivity contribution >= 4 is 5.91 Å². The summed E-state index contributed by atoms with van der Waals surface area (Å²) in [4.78, 5) is 11.5. The summed E-state index contributed by atoms with van der Waals surface area (Å²) in [6.07, 6.45) is 2.99. The maximum absolute atomic E-state index is 11.5. The van der Waals surface area contributed by atoms with E-state index in [1.165, 1.54) is 5.56 Å². The summed E-state index contributed by atoms with van der Waals surface area (Å²) in [5.41, 5.74) is 7.43. The molecule has 0 aliphatic heterocycles. The van der Waals surface area contributed by atoms with Crippen LogP contribution in [-0.2, 0) is 16.6 Å². The van der Waals surface area contributed by atoms with Crippen molar-refractivity contribution in [3.8, 4) is 0 Å². The fourth-order valence-electron chi connectivity index (χ4n) is 2.30. The second-order valence-electron chi connectivity index (χ2n) is 4.21. The number of primary amides is 1. The Balaban J connectivity index is 2.55. The van der Waals surface area contributed by atoms with Crippen molar-refractivity contribution in [1.29, 1.82) is 0 Å². The highest BCUT2D eigenvalue weighted by molar-refractivity contribution is 5.87. The maximum Gasteiger partial charge on any atom is 0.227 e. The molecule has 74 valence electrons. The van der Waals surface area contributed by atoms with Crippen LogP contribution < -0.4 is 5.73 Å². The highest BCUT2D eigenvalue weighted by Crippen LogP contribution is 2.36. The molecule has 1 atom stereocenters. The highest BCUT2D eigenvalue weighted by atomic mass is 16.1. The Morgan fingerprint density at radius 1 is 1.43 bits per heavy atom. The lowest BCUT2D eigenvalue weighted by molar-refractivity contribution is -0.123. The molecule has 1 aliphatic rings. The van der Waals surface area contributed by atoms with Gasteiger partial charge in [-0.05, 0) is 37.3 Å². The van der Waals surface area contributed by atoms with Crippen molar-refractivity contribution < 1.29 is 4.79 Å². The minimum atomic E-state index is -0.450. The number of aryl methyl sites for hydroxylation is 1. The molecule has 0 radical (unpaired) electrons. The number of fused-ring (bicyclic) bond motifs is 1. The third kappa shape index (κ3) is 1.22. The van der Waals surface area contributed by atoms with Gasteiger partial charge < -0.3 is 5.73 Å². The fourth-order valence-corrected chi connectivity index (χ4v) is 2.30. The smallest absolute Gasteiger partial charge is 0.227 e. The zero-order valence-corrected chi connectivity index (χ0v) is 8.42. The third-order valence-corrected chi connectivity index (χ3v) is 3.28. The second-order valence-corrected chi connectivity index (χ2v) is 4.21. The molecule has 0 spiro atoms. The van der Waals surface area contributed by atoms with E-state index in [0.29, 0.717) is 0 Å². The van der Waals surface area contributed by atoms with Crippen molar-refractivity contribution in [2.75, 3.05) is 0 Å². The Kier molecular flexibility index (Phi) is 2.06. The molecule has 1 aromatic rings. The average Bonchev–Trinajstić information content (AvgIpc) is 2.18. The number of benzene rings is 1. The van der Waals surface area contributed by atoms with Gasteiger partial charge in [0.15, 0.2) is 0 Å². The predicted molar refractivity (Wildman–Crippen MR) is 55.9 cm³/mol. The number of hydrogen-bond donors (Lipinski definition) is 1. The van der Waals surface area contributed by atoms with E-state index < -0.39 is 5.41 Å². The Morgan fingerprint density at radius 2 is 2.14 bits per heavy atom. The van der Waals surface area contributed by atoms with Gasteiger partial charge >= 0.3 is 0 Å². The molecule has 1 amide bonds. The van der Waals surface area contributed by atoms with Crippen LogP contribution >= 0.6 is 0 Å². The number of nitrogens with two attached hydrogens (primary N) is 1. The predicted octanol–water partition coefficient (Wildman–Crippen LogP) is 1.77. The van der Waals surface area contributed by atoms with Gasteiger partial charge in [-0.1, -0.05) is 24.3 Å². The lowest BCUT2D eigenvalue weighted by Crippen LogP contribution is -2.41. The standard InChI is InChI=1S/C12H15NO/c1-12(11(13)14)8-4-6-9-5-2-3-7-10(9)12/h2-3,5,7H,4,6,8H2,1H3,(H2,13,14)/t12-/m1/s1. The number of carbonyl (C=O) groups excluding carboxylic acids is 1. The van der Waals surface area contributed by atoms with Crippen LogP contribution in [0, 0.1) is 0 Å². The molecule has 2 rings (SSSR count). The molecule has 1 aliphatic carbocycles. The lowest BCUT2D eigenvalue weighted by atomic mass is 9.71. The molecule has 0 saturated carbocycles. The Labute approximate surface area is 84.1 Å². The average molecular weight is 189 g/mol. The monoisotopic (exact) mass is 189 g/mol. The lowest BCUT2D eigenvalue weighted by Gasteiger charge is -2.32. The van der Waals surface area contributed by atoms with E-state index in [0.717, 1.165) is 24.8 Å². The molecular formula is C12H15NO. The van der Waals surface area contributed by atoms with E-state index in [1.807, 2.05) is 25.1 Å². The topological polar surface area (TPSA) is 43.1 Å². The van der Waals surface area contributed by atoms with Crippen LogP contribution in [0.1, 0.15) is 30.9 Å². The normalized spacial score (nSPS) is 25.5. The van der Waals surface area contributed by atoms with Crippen LogP contribution in [0.4, 0.5) is 0 Å². The molecule has 2 heteroatoms. The van der Waals surface area contributed by atoms with Gasteiger partial charge in [-0.3, -0.25) is 4.79 Å². The van der Waals surface area contributed by atoms with E-state index >= 15 is 0 Å². The van der Waals surface area contributed by atoms with Gasteiger partial charge in [0.1, 0.15) is 0 Å². The Morgan fingerprint density at radius 3 is 2.86 bits per heavy atom. The molecule has 1 aromatic carbocycles. The van der Waals surface area contributed by atoms with Crippen LogP contribution in [0.15, 0.2) is 24.3 Å². The SMILES string of the molecule is C[C@@]1(C(N)=O)CCCc2ccccc21. The van der Waals surface area contributed by atoms with E-state index in [9.17, 15) is 4.79 Å². The van der Waals surface area contributed by atoms with Crippen molar-refractivity contribution in [2.24, 2.45) is 5.73 Å². The largest absolute Gasteiger partial charge is 0.369 e. The van der Waals surface area contributed by atoms with E-state index in [-0.39, 0.29) is 5.91 Å². The molecule has 0 heterocycles. The first-order valence-electron chi connectivity index (χ1n) is 5.03. The number of amides is 1. The zero-order chi connectivity index (χ0) is 10.2.